The quantitative estimate of drug-likeness (QED) is 0.881. The van der Waals surface area contributed by atoms with Crippen LogP contribution in [0.15, 0.2) is 41.8 Å². The van der Waals surface area contributed by atoms with Crippen LogP contribution < -0.4 is 10.1 Å². The van der Waals surface area contributed by atoms with Crippen LogP contribution in [0, 0.1) is 5.92 Å². The average molecular weight is 303 g/mol. The highest BCUT2D eigenvalue weighted by Gasteiger charge is 2.19. The standard InChI is InChI=1S/C17H21NO2S/c1-12(2)17(15-5-4-10-21-15)18-16(19)11-13-6-8-14(20-3)9-7-13/h4-10,12,17H,11H2,1-3H3,(H,18,19). The van der Waals surface area contributed by atoms with Gasteiger partial charge in [0.15, 0.2) is 0 Å². The molecule has 3 nitrogen and oxygen atoms in total. The van der Waals surface area contributed by atoms with E-state index < -0.39 is 0 Å². The predicted molar refractivity (Wildman–Crippen MR) is 86.7 cm³/mol. The van der Waals surface area contributed by atoms with E-state index in [0.717, 1.165) is 11.3 Å². The maximum atomic E-state index is 12.2. The van der Waals surface area contributed by atoms with Crippen LogP contribution in [0.4, 0.5) is 0 Å². The van der Waals surface area contributed by atoms with Crippen molar-refractivity contribution >= 4 is 17.2 Å². The Labute approximate surface area is 130 Å². The lowest BCUT2D eigenvalue weighted by atomic mass is 10.0. The summed E-state index contributed by atoms with van der Waals surface area (Å²) < 4.78 is 5.12. The van der Waals surface area contributed by atoms with Crippen molar-refractivity contribution in [3.63, 3.8) is 0 Å². The molecule has 0 spiro atoms. The molecule has 2 rings (SSSR count). The summed E-state index contributed by atoms with van der Waals surface area (Å²) in [5, 5.41) is 5.18. The Morgan fingerprint density at radius 3 is 2.48 bits per heavy atom. The molecule has 0 bridgehead atoms. The van der Waals surface area contributed by atoms with Crippen LogP contribution in [0.25, 0.3) is 0 Å². The van der Waals surface area contributed by atoms with Crippen molar-refractivity contribution in [1.82, 2.24) is 5.32 Å². The Kier molecular flexibility index (Phi) is 5.39. The first-order valence-corrected chi connectivity index (χ1v) is 7.94. The summed E-state index contributed by atoms with van der Waals surface area (Å²) in [4.78, 5) is 13.4. The third kappa shape index (κ3) is 4.33. The lowest BCUT2D eigenvalue weighted by molar-refractivity contribution is -0.121. The lowest BCUT2D eigenvalue weighted by Crippen LogP contribution is -2.32. The summed E-state index contributed by atoms with van der Waals surface area (Å²) in [6, 6.07) is 11.8. The van der Waals surface area contributed by atoms with Gasteiger partial charge in [0, 0.05) is 4.88 Å². The van der Waals surface area contributed by atoms with E-state index in [1.807, 2.05) is 35.7 Å². The monoisotopic (exact) mass is 303 g/mol. The molecule has 0 saturated carbocycles. The van der Waals surface area contributed by atoms with Crippen LogP contribution in [0.3, 0.4) is 0 Å². The molecule has 0 aliphatic carbocycles. The summed E-state index contributed by atoms with van der Waals surface area (Å²) in [6.45, 7) is 4.25. The molecule has 1 aromatic heterocycles. The van der Waals surface area contributed by atoms with Gasteiger partial charge in [-0.3, -0.25) is 4.79 Å². The largest absolute Gasteiger partial charge is 0.497 e. The van der Waals surface area contributed by atoms with Crippen molar-refractivity contribution < 1.29 is 9.53 Å². The molecule has 0 radical (unpaired) electrons. The molecule has 1 unspecified atom stereocenters. The molecular formula is C17H21NO2S. The van der Waals surface area contributed by atoms with Gasteiger partial charge in [-0.05, 0) is 35.1 Å². The molecule has 1 heterocycles. The Morgan fingerprint density at radius 1 is 1.24 bits per heavy atom. The Bertz CT molecular complexity index is 561. The Morgan fingerprint density at radius 2 is 1.95 bits per heavy atom. The summed E-state index contributed by atoms with van der Waals surface area (Å²) >= 11 is 1.68. The zero-order valence-electron chi connectivity index (χ0n) is 12.6. The van der Waals surface area contributed by atoms with Crippen LogP contribution in [0.1, 0.15) is 30.3 Å². The number of thiophene rings is 1. The van der Waals surface area contributed by atoms with E-state index in [1.165, 1.54) is 4.88 Å². The fraction of sp³-hybridized carbons (Fsp3) is 0.353. The number of benzene rings is 1. The molecule has 0 saturated heterocycles. The molecule has 1 aromatic carbocycles. The zero-order chi connectivity index (χ0) is 15.2. The SMILES string of the molecule is COc1ccc(CC(=O)NC(c2cccs2)C(C)C)cc1. The molecule has 2 aromatic rings. The van der Waals surface area contributed by atoms with E-state index in [0.29, 0.717) is 12.3 Å². The van der Waals surface area contributed by atoms with Gasteiger partial charge in [0.2, 0.25) is 5.91 Å². The third-order valence-electron chi connectivity index (χ3n) is 3.36. The van der Waals surface area contributed by atoms with Gasteiger partial charge in [-0.1, -0.05) is 32.0 Å². The number of amides is 1. The van der Waals surface area contributed by atoms with E-state index in [1.54, 1.807) is 18.4 Å². The normalized spacial score (nSPS) is 12.2. The van der Waals surface area contributed by atoms with Crippen LogP contribution in [0.5, 0.6) is 5.75 Å². The summed E-state index contributed by atoms with van der Waals surface area (Å²) in [5.41, 5.74) is 0.988. The van der Waals surface area contributed by atoms with Crippen LogP contribution in [-0.2, 0) is 11.2 Å². The smallest absolute Gasteiger partial charge is 0.224 e. The predicted octanol–water partition coefficient (Wildman–Crippen LogP) is 3.81. The van der Waals surface area contributed by atoms with Gasteiger partial charge < -0.3 is 10.1 Å². The van der Waals surface area contributed by atoms with E-state index in [-0.39, 0.29) is 11.9 Å². The zero-order valence-corrected chi connectivity index (χ0v) is 13.4. The Hall–Kier alpha value is -1.81. The second kappa shape index (κ2) is 7.27. The van der Waals surface area contributed by atoms with Gasteiger partial charge in [0.25, 0.3) is 0 Å². The maximum Gasteiger partial charge on any atom is 0.224 e. The molecule has 4 heteroatoms. The maximum absolute atomic E-state index is 12.2. The minimum atomic E-state index is 0.0484. The average Bonchev–Trinajstić information content (AvgIpc) is 2.99. The molecule has 0 aliphatic heterocycles. The van der Waals surface area contributed by atoms with Gasteiger partial charge in [-0.15, -0.1) is 11.3 Å². The number of methoxy groups -OCH3 is 1. The first kappa shape index (κ1) is 15.6. The van der Waals surface area contributed by atoms with Gasteiger partial charge in [0.1, 0.15) is 5.75 Å². The van der Waals surface area contributed by atoms with Crippen LogP contribution >= 0.6 is 11.3 Å². The number of carbonyl (C=O) groups excluding carboxylic acids is 1. The molecular weight excluding hydrogens is 282 g/mol. The lowest BCUT2D eigenvalue weighted by Gasteiger charge is -2.21. The minimum Gasteiger partial charge on any atom is -0.497 e. The van der Waals surface area contributed by atoms with E-state index in [9.17, 15) is 4.79 Å². The molecule has 0 aliphatic rings. The summed E-state index contributed by atoms with van der Waals surface area (Å²) in [7, 11) is 1.63. The number of hydrogen-bond donors (Lipinski definition) is 1. The third-order valence-corrected chi connectivity index (χ3v) is 4.31. The van der Waals surface area contributed by atoms with Gasteiger partial charge in [-0.2, -0.15) is 0 Å². The molecule has 0 fully saturated rings. The van der Waals surface area contributed by atoms with Crippen molar-refractivity contribution in [3.8, 4) is 5.75 Å². The van der Waals surface area contributed by atoms with Crippen molar-refractivity contribution in [1.29, 1.82) is 0 Å². The van der Waals surface area contributed by atoms with Gasteiger partial charge in [0.05, 0.1) is 19.6 Å². The topological polar surface area (TPSA) is 38.3 Å². The molecule has 112 valence electrons. The highest BCUT2D eigenvalue weighted by atomic mass is 32.1. The first-order valence-electron chi connectivity index (χ1n) is 7.06. The Balaban J connectivity index is 1.99. The van der Waals surface area contributed by atoms with Gasteiger partial charge in [-0.25, -0.2) is 0 Å². The number of nitrogens with one attached hydrogen (secondary N) is 1. The molecule has 21 heavy (non-hydrogen) atoms. The van der Waals surface area contributed by atoms with Crippen LogP contribution in [-0.4, -0.2) is 13.0 Å². The second-order valence-electron chi connectivity index (χ2n) is 5.33. The highest BCUT2D eigenvalue weighted by Crippen LogP contribution is 2.25. The highest BCUT2D eigenvalue weighted by molar-refractivity contribution is 7.10. The molecule has 1 N–H and O–H groups in total. The van der Waals surface area contributed by atoms with E-state index in [4.69, 9.17) is 4.74 Å². The minimum absolute atomic E-state index is 0.0484. The molecule has 1 amide bonds. The number of ether oxygens (including phenoxy) is 1. The van der Waals surface area contributed by atoms with E-state index >= 15 is 0 Å². The van der Waals surface area contributed by atoms with Crippen molar-refractivity contribution in [2.45, 2.75) is 26.3 Å². The van der Waals surface area contributed by atoms with Crippen molar-refractivity contribution in [2.75, 3.05) is 7.11 Å². The van der Waals surface area contributed by atoms with Crippen molar-refractivity contribution in [3.05, 3.63) is 52.2 Å². The number of rotatable bonds is 6. The van der Waals surface area contributed by atoms with E-state index in [2.05, 4.69) is 25.2 Å². The molecule has 1 atom stereocenters. The summed E-state index contributed by atoms with van der Waals surface area (Å²) in [6.07, 6.45) is 0.387. The number of hydrogen-bond acceptors (Lipinski definition) is 3. The fourth-order valence-corrected chi connectivity index (χ4v) is 3.14. The summed E-state index contributed by atoms with van der Waals surface area (Å²) in [5.74, 6) is 1.22. The fourth-order valence-electron chi connectivity index (χ4n) is 2.19. The number of carbonyl (C=O) groups is 1. The first-order chi connectivity index (χ1) is 10.1. The van der Waals surface area contributed by atoms with Crippen LogP contribution in [0.2, 0.25) is 0 Å². The van der Waals surface area contributed by atoms with Crippen molar-refractivity contribution in [2.24, 2.45) is 5.92 Å². The van der Waals surface area contributed by atoms with Gasteiger partial charge >= 0.3 is 0 Å². The second-order valence-corrected chi connectivity index (χ2v) is 6.31.